The lowest BCUT2D eigenvalue weighted by atomic mass is 10.2. The number of rotatable bonds is 6. The molecule has 0 aliphatic rings. The third kappa shape index (κ3) is 4.65. The van der Waals surface area contributed by atoms with Gasteiger partial charge in [0, 0.05) is 17.6 Å². The normalized spacial score (nSPS) is 11.9. The molecular formula is C20H20ClN3O3. The Labute approximate surface area is 162 Å². The van der Waals surface area contributed by atoms with Crippen LogP contribution >= 0.6 is 11.6 Å². The molecule has 1 atom stereocenters. The van der Waals surface area contributed by atoms with E-state index in [2.05, 4.69) is 10.2 Å². The van der Waals surface area contributed by atoms with E-state index in [9.17, 15) is 4.79 Å². The number of hydrogen-bond donors (Lipinski definition) is 0. The number of carbonyl (C=O) groups is 1. The summed E-state index contributed by atoms with van der Waals surface area (Å²) in [6.07, 6.45) is -0.660. The minimum atomic E-state index is -0.660. The van der Waals surface area contributed by atoms with Crippen LogP contribution in [0.1, 0.15) is 18.4 Å². The lowest BCUT2D eigenvalue weighted by Gasteiger charge is -2.21. The molecule has 6 nitrogen and oxygen atoms in total. The van der Waals surface area contributed by atoms with E-state index in [1.165, 1.54) is 4.90 Å². The van der Waals surface area contributed by atoms with E-state index in [1.54, 1.807) is 32.2 Å². The number of carbonyl (C=O) groups excluding carboxylic acids is 1. The molecule has 0 aliphatic carbocycles. The molecule has 7 heteroatoms. The average molecular weight is 386 g/mol. The largest absolute Gasteiger partial charge is 0.481 e. The molecule has 0 N–H and O–H groups in total. The van der Waals surface area contributed by atoms with Crippen molar-refractivity contribution in [3.05, 3.63) is 65.0 Å². The fraction of sp³-hybridized carbons (Fsp3) is 0.250. The standard InChI is InChI=1S/C20H20ClN3O3/c1-13-11-16(9-10-17(13)21)26-14(2)20(25)24(3)12-18-22-23-19(27-18)15-7-5-4-6-8-15/h4-11,14H,12H2,1-3H3/t14-/m0/s1. The molecule has 140 valence electrons. The van der Waals surface area contributed by atoms with Gasteiger partial charge >= 0.3 is 0 Å². The van der Waals surface area contributed by atoms with E-state index in [-0.39, 0.29) is 12.5 Å². The maximum absolute atomic E-state index is 12.6. The Morgan fingerprint density at radius 2 is 1.96 bits per heavy atom. The zero-order valence-corrected chi connectivity index (χ0v) is 16.1. The van der Waals surface area contributed by atoms with Crippen molar-refractivity contribution in [3.63, 3.8) is 0 Å². The Kier molecular flexibility index (Phi) is 5.76. The van der Waals surface area contributed by atoms with Crippen LogP contribution in [-0.4, -0.2) is 34.2 Å². The Hall–Kier alpha value is -2.86. The molecule has 0 saturated carbocycles. The maximum Gasteiger partial charge on any atom is 0.263 e. The third-order valence-electron chi connectivity index (χ3n) is 4.03. The minimum absolute atomic E-state index is 0.193. The van der Waals surface area contributed by atoms with Gasteiger partial charge in [0.15, 0.2) is 6.10 Å². The summed E-state index contributed by atoms with van der Waals surface area (Å²) < 4.78 is 11.4. The van der Waals surface area contributed by atoms with Crippen molar-refractivity contribution in [1.82, 2.24) is 15.1 Å². The van der Waals surface area contributed by atoms with Gasteiger partial charge in [-0.3, -0.25) is 4.79 Å². The molecule has 0 aliphatic heterocycles. The molecule has 0 bridgehead atoms. The summed E-state index contributed by atoms with van der Waals surface area (Å²) in [5, 5.41) is 8.70. The van der Waals surface area contributed by atoms with Crippen LogP contribution in [0, 0.1) is 6.92 Å². The molecule has 1 heterocycles. The maximum atomic E-state index is 12.6. The molecule has 0 unspecified atom stereocenters. The first-order chi connectivity index (χ1) is 12.9. The van der Waals surface area contributed by atoms with Crippen molar-refractivity contribution >= 4 is 17.5 Å². The van der Waals surface area contributed by atoms with Crippen LogP contribution in [0.5, 0.6) is 5.75 Å². The third-order valence-corrected chi connectivity index (χ3v) is 4.45. The Bertz CT molecular complexity index is 927. The number of aromatic nitrogens is 2. The summed E-state index contributed by atoms with van der Waals surface area (Å²) in [6.45, 7) is 3.78. The fourth-order valence-electron chi connectivity index (χ4n) is 2.55. The van der Waals surface area contributed by atoms with Gasteiger partial charge in [-0.25, -0.2) is 0 Å². The number of aryl methyl sites for hydroxylation is 1. The molecule has 1 amide bonds. The van der Waals surface area contributed by atoms with Gasteiger partial charge in [-0.1, -0.05) is 29.8 Å². The average Bonchev–Trinajstić information content (AvgIpc) is 3.13. The van der Waals surface area contributed by atoms with Gasteiger partial charge in [0.05, 0.1) is 6.54 Å². The lowest BCUT2D eigenvalue weighted by Crippen LogP contribution is -2.37. The van der Waals surface area contributed by atoms with Crippen molar-refractivity contribution < 1.29 is 13.9 Å². The number of nitrogens with zero attached hydrogens (tertiary/aromatic N) is 3. The number of amides is 1. The highest BCUT2D eigenvalue weighted by atomic mass is 35.5. The molecule has 0 radical (unpaired) electrons. The first-order valence-electron chi connectivity index (χ1n) is 8.49. The van der Waals surface area contributed by atoms with Crippen molar-refractivity contribution in [3.8, 4) is 17.2 Å². The fourth-order valence-corrected chi connectivity index (χ4v) is 2.67. The van der Waals surface area contributed by atoms with Gasteiger partial charge in [0.25, 0.3) is 5.91 Å². The first-order valence-corrected chi connectivity index (χ1v) is 8.87. The van der Waals surface area contributed by atoms with E-state index < -0.39 is 6.10 Å². The number of benzene rings is 2. The minimum Gasteiger partial charge on any atom is -0.481 e. The quantitative estimate of drug-likeness (QED) is 0.638. The van der Waals surface area contributed by atoms with Crippen molar-refractivity contribution in [2.45, 2.75) is 26.5 Å². The summed E-state index contributed by atoms with van der Waals surface area (Å²) in [4.78, 5) is 14.1. The summed E-state index contributed by atoms with van der Waals surface area (Å²) in [5.74, 6) is 1.18. The first kappa shape index (κ1) is 18.9. The van der Waals surface area contributed by atoms with Crippen molar-refractivity contribution in [1.29, 1.82) is 0 Å². The van der Waals surface area contributed by atoms with Gasteiger partial charge in [-0.15, -0.1) is 10.2 Å². The lowest BCUT2D eigenvalue weighted by molar-refractivity contribution is -0.137. The van der Waals surface area contributed by atoms with Gasteiger partial charge in [-0.2, -0.15) is 0 Å². The van der Waals surface area contributed by atoms with E-state index in [4.69, 9.17) is 20.8 Å². The van der Waals surface area contributed by atoms with E-state index in [1.807, 2.05) is 37.3 Å². The van der Waals surface area contributed by atoms with Crippen LogP contribution in [0.25, 0.3) is 11.5 Å². The monoisotopic (exact) mass is 385 g/mol. The van der Waals surface area contributed by atoms with E-state index in [0.29, 0.717) is 22.6 Å². The molecule has 2 aromatic carbocycles. The number of hydrogen-bond acceptors (Lipinski definition) is 5. The smallest absolute Gasteiger partial charge is 0.263 e. The van der Waals surface area contributed by atoms with Crippen molar-refractivity contribution in [2.75, 3.05) is 7.05 Å². The molecule has 0 saturated heterocycles. The van der Waals surface area contributed by atoms with E-state index in [0.717, 1.165) is 11.1 Å². The highest BCUT2D eigenvalue weighted by molar-refractivity contribution is 6.31. The molecule has 0 spiro atoms. The Morgan fingerprint density at radius 1 is 1.22 bits per heavy atom. The van der Waals surface area contributed by atoms with Crippen LogP contribution in [0.15, 0.2) is 52.9 Å². The predicted molar refractivity (Wildman–Crippen MR) is 102 cm³/mol. The van der Waals surface area contributed by atoms with Gasteiger partial charge in [0.1, 0.15) is 5.75 Å². The van der Waals surface area contributed by atoms with Crippen LogP contribution in [0.2, 0.25) is 5.02 Å². The summed E-state index contributed by atoms with van der Waals surface area (Å²) in [5.41, 5.74) is 1.72. The second-order valence-electron chi connectivity index (χ2n) is 6.23. The van der Waals surface area contributed by atoms with Crippen LogP contribution in [0.4, 0.5) is 0 Å². The SMILES string of the molecule is Cc1cc(O[C@@H](C)C(=O)N(C)Cc2nnc(-c3ccccc3)o2)ccc1Cl. The summed E-state index contributed by atoms with van der Waals surface area (Å²) in [7, 11) is 1.67. The molecule has 27 heavy (non-hydrogen) atoms. The Balaban J connectivity index is 1.61. The number of halogens is 1. The van der Waals surface area contributed by atoms with Gasteiger partial charge in [-0.05, 0) is 49.7 Å². The molecule has 3 rings (SSSR count). The molecule has 1 aromatic heterocycles. The number of likely N-dealkylation sites (N-methyl/N-ethyl adjacent to an activating group) is 1. The van der Waals surface area contributed by atoms with Gasteiger partial charge in [0.2, 0.25) is 11.8 Å². The van der Waals surface area contributed by atoms with Crippen LogP contribution in [0.3, 0.4) is 0 Å². The van der Waals surface area contributed by atoms with Crippen LogP contribution < -0.4 is 4.74 Å². The molecular weight excluding hydrogens is 366 g/mol. The van der Waals surface area contributed by atoms with E-state index >= 15 is 0 Å². The number of ether oxygens (including phenoxy) is 1. The molecule has 0 fully saturated rings. The summed E-state index contributed by atoms with van der Waals surface area (Å²) >= 11 is 6.01. The van der Waals surface area contributed by atoms with Crippen LogP contribution in [-0.2, 0) is 11.3 Å². The topological polar surface area (TPSA) is 68.5 Å². The highest BCUT2D eigenvalue weighted by Crippen LogP contribution is 2.22. The summed E-state index contributed by atoms with van der Waals surface area (Å²) in [6, 6.07) is 14.8. The molecule has 3 aromatic rings. The highest BCUT2D eigenvalue weighted by Gasteiger charge is 2.21. The Morgan fingerprint density at radius 3 is 2.67 bits per heavy atom. The van der Waals surface area contributed by atoms with Gasteiger partial charge < -0.3 is 14.1 Å². The second kappa shape index (κ2) is 8.22. The zero-order valence-electron chi connectivity index (χ0n) is 15.3. The van der Waals surface area contributed by atoms with Crippen molar-refractivity contribution in [2.24, 2.45) is 0 Å². The zero-order chi connectivity index (χ0) is 19.4. The second-order valence-corrected chi connectivity index (χ2v) is 6.64. The predicted octanol–water partition coefficient (Wildman–Crippen LogP) is 4.12.